The van der Waals surface area contributed by atoms with Crippen LogP contribution in [0.5, 0.6) is 0 Å². The quantitative estimate of drug-likeness (QED) is 0.707. The highest BCUT2D eigenvalue weighted by molar-refractivity contribution is 6.02. The molecule has 6 nitrogen and oxygen atoms in total. The molecule has 1 aromatic heterocycles. The minimum absolute atomic E-state index is 0.269. The third-order valence-corrected chi connectivity index (χ3v) is 4.47. The Bertz CT molecular complexity index is 1120. The van der Waals surface area contributed by atoms with E-state index in [0.717, 1.165) is 12.1 Å². The number of nitrogens with zero attached hydrogens (tertiary/aromatic N) is 1. The number of pyridine rings is 1. The SMILES string of the molecule is C[C@H](C(N)=O)n1ccc2c(NC(=O)Cc3c(F)cccc3F)cccc2c1=O. The van der Waals surface area contributed by atoms with Crippen LogP contribution in [-0.2, 0) is 16.0 Å². The van der Waals surface area contributed by atoms with Crippen LogP contribution in [0.25, 0.3) is 10.8 Å². The summed E-state index contributed by atoms with van der Waals surface area (Å²) in [6.45, 7) is 1.50. The topological polar surface area (TPSA) is 94.2 Å². The van der Waals surface area contributed by atoms with Gasteiger partial charge in [-0.2, -0.15) is 0 Å². The molecule has 0 saturated carbocycles. The molecule has 0 spiro atoms. The lowest BCUT2D eigenvalue weighted by Gasteiger charge is -2.14. The Hall–Kier alpha value is -3.55. The number of aromatic nitrogens is 1. The maximum absolute atomic E-state index is 13.7. The number of benzene rings is 2. The molecule has 0 aliphatic carbocycles. The van der Waals surface area contributed by atoms with E-state index in [1.54, 1.807) is 24.3 Å². The minimum atomic E-state index is -0.834. The van der Waals surface area contributed by atoms with Crippen molar-refractivity contribution in [2.75, 3.05) is 5.32 Å². The third kappa shape index (κ3) is 3.62. The van der Waals surface area contributed by atoms with Gasteiger partial charge in [0, 0.05) is 28.2 Å². The summed E-state index contributed by atoms with van der Waals surface area (Å²) in [6.07, 6.45) is 0.914. The van der Waals surface area contributed by atoms with Gasteiger partial charge in [-0.1, -0.05) is 12.1 Å². The Labute approximate surface area is 158 Å². The second kappa shape index (κ2) is 7.59. The summed E-state index contributed by atoms with van der Waals surface area (Å²) in [5.41, 5.74) is 4.79. The molecular weight excluding hydrogens is 368 g/mol. The molecule has 0 aliphatic rings. The average Bonchev–Trinajstić information content (AvgIpc) is 2.65. The van der Waals surface area contributed by atoms with Gasteiger partial charge in [0.05, 0.1) is 6.42 Å². The van der Waals surface area contributed by atoms with Crippen LogP contribution in [0.1, 0.15) is 18.5 Å². The van der Waals surface area contributed by atoms with Crippen LogP contribution in [0, 0.1) is 11.6 Å². The molecule has 3 aromatic rings. The van der Waals surface area contributed by atoms with Crippen molar-refractivity contribution >= 4 is 28.3 Å². The molecule has 8 heteroatoms. The monoisotopic (exact) mass is 385 g/mol. The second-order valence-electron chi connectivity index (χ2n) is 6.30. The second-order valence-corrected chi connectivity index (χ2v) is 6.30. The van der Waals surface area contributed by atoms with Crippen molar-refractivity contribution < 1.29 is 18.4 Å². The van der Waals surface area contributed by atoms with Crippen LogP contribution >= 0.6 is 0 Å². The Kier molecular flexibility index (Phi) is 5.21. The fourth-order valence-corrected chi connectivity index (χ4v) is 2.90. The van der Waals surface area contributed by atoms with Gasteiger partial charge in [0.15, 0.2) is 0 Å². The van der Waals surface area contributed by atoms with E-state index in [0.29, 0.717) is 11.1 Å². The van der Waals surface area contributed by atoms with Gasteiger partial charge in [-0.3, -0.25) is 14.4 Å². The number of rotatable bonds is 5. The largest absolute Gasteiger partial charge is 0.368 e. The highest BCUT2D eigenvalue weighted by Gasteiger charge is 2.17. The number of amides is 2. The lowest BCUT2D eigenvalue weighted by atomic mass is 10.1. The average molecular weight is 385 g/mol. The van der Waals surface area contributed by atoms with E-state index < -0.39 is 41.5 Å². The van der Waals surface area contributed by atoms with E-state index in [-0.39, 0.29) is 10.9 Å². The van der Waals surface area contributed by atoms with Gasteiger partial charge in [-0.25, -0.2) is 8.78 Å². The van der Waals surface area contributed by atoms with Gasteiger partial charge in [-0.15, -0.1) is 0 Å². The van der Waals surface area contributed by atoms with E-state index in [4.69, 9.17) is 5.73 Å². The lowest BCUT2D eigenvalue weighted by Crippen LogP contribution is -2.31. The summed E-state index contributed by atoms with van der Waals surface area (Å²) in [6, 6.07) is 8.77. The highest BCUT2D eigenvalue weighted by atomic mass is 19.1. The number of primary amides is 1. The molecule has 1 atom stereocenters. The normalized spacial score (nSPS) is 12.0. The lowest BCUT2D eigenvalue weighted by molar-refractivity contribution is -0.120. The molecule has 0 unspecified atom stereocenters. The van der Waals surface area contributed by atoms with Crippen molar-refractivity contribution in [1.29, 1.82) is 0 Å². The first kappa shape index (κ1) is 19.2. The third-order valence-electron chi connectivity index (χ3n) is 4.47. The first-order valence-corrected chi connectivity index (χ1v) is 8.45. The number of nitrogens with two attached hydrogens (primary N) is 1. The molecule has 1 heterocycles. The number of anilines is 1. The number of fused-ring (bicyclic) bond motifs is 1. The van der Waals surface area contributed by atoms with Crippen LogP contribution < -0.4 is 16.6 Å². The Balaban J connectivity index is 1.94. The fraction of sp³-hybridized carbons (Fsp3) is 0.150. The summed E-state index contributed by atoms with van der Waals surface area (Å²) in [7, 11) is 0. The summed E-state index contributed by atoms with van der Waals surface area (Å²) < 4.78 is 28.7. The van der Waals surface area contributed by atoms with Crippen LogP contribution in [0.15, 0.2) is 53.5 Å². The zero-order valence-corrected chi connectivity index (χ0v) is 14.9. The molecule has 2 aromatic carbocycles. The summed E-state index contributed by atoms with van der Waals surface area (Å²) in [5.74, 6) is -2.91. The molecule has 0 radical (unpaired) electrons. The molecule has 144 valence electrons. The van der Waals surface area contributed by atoms with E-state index in [9.17, 15) is 23.2 Å². The maximum atomic E-state index is 13.7. The van der Waals surface area contributed by atoms with Gasteiger partial charge >= 0.3 is 0 Å². The van der Waals surface area contributed by atoms with Gasteiger partial charge in [-0.05, 0) is 37.3 Å². The molecule has 0 bridgehead atoms. The number of carbonyl (C=O) groups is 2. The van der Waals surface area contributed by atoms with Crippen LogP contribution in [-0.4, -0.2) is 16.4 Å². The van der Waals surface area contributed by atoms with Crippen LogP contribution in [0.2, 0.25) is 0 Å². The predicted octanol–water partition coefficient (Wildman–Crippen LogP) is 2.51. The zero-order chi connectivity index (χ0) is 20.4. The van der Waals surface area contributed by atoms with Crippen molar-refractivity contribution in [2.45, 2.75) is 19.4 Å². The summed E-state index contributed by atoms with van der Waals surface area (Å²) in [4.78, 5) is 36.3. The standard InChI is InChI=1S/C20H17F2N3O3/c1-11(19(23)27)25-9-8-12-13(20(25)28)4-2-7-17(12)24-18(26)10-14-15(21)5-3-6-16(14)22/h2-9,11H,10H2,1H3,(H2,23,27)(H,24,26)/t11-/m1/s1. The Morgan fingerprint density at radius 1 is 1.07 bits per heavy atom. The number of hydrogen-bond acceptors (Lipinski definition) is 3. The van der Waals surface area contributed by atoms with Gasteiger partial charge in [0.1, 0.15) is 17.7 Å². The number of nitrogens with one attached hydrogen (secondary N) is 1. The first-order valence-electron chi connectivity index (χ1n) is 8.45. The molecule has 3 rings (SSSR count). The van der Waals surface area contributed by atoms with Crippen molar-refractivity contribution in [3.63, 3.8) is 0 Å². The molecule has 0 saturated heterocycles. The van der Waals surface area contributed by atoms with Gasteiger partial charge in [0.25, 0.3) is 5.56 Å². The summed E-state index contributed by atoms with van der Waals surface area (Å²) >= 11 is 0. The highest BCUT2D eigenvalue weighted by Crippen LogP contribution is 2.22. The van der Waals surface area contributed by atoms with Crippen molar-refractivity contribution in [3.05, 3.63) is 76.2 Å². The Morgan fingerprint density at radius 3 is 2.36 bits per heavy atom. The molecule has 2 amide bonds. The van der Waals surface area contributed by atoms with E-state index in [2.05, 4.69) is 5.32 Å². The maximum Gasteiger partial charge on any atom is 0.259 e. The van der Waals surface area contributed by atoms with E-state index in [1.807, 2.05) is 0 Å². The minimum Gasteiger partial charge on any atom is -0.368 e. The van der Waals surface area contributed by atoms with Crippen LogP contribution in [0.4, 0.5) is 14.5 Å². The fourth-order valence-electron chi connectivity index (χ4n) is 2.90. The van der Waals surface area contributed by atoms with Crippen molar-refractivity contribution in [2.24, 2.45) is 5.73 Å². The number of hydrogen-bond donors (Lipinski definition) is 2. The Morgan fingerprint density at radius 2 is 1.71 bits per heavy atom. The molecule has 0 aliphatic heterocycles. The van der Waals surface area contributed by atoms with Gasteiger partial charge < -0.3 is 15.6 Å². The van der Waals surface area contributed by atoms with Crippen molar-refractivity contribution in [3.8, 4) is 0 Å². The van der Waals surface area contributed by atoms with E-state index in [1.165, 1.54) is 23.8 Å². The number of carbonyl (C=O) groups excluding carboxylic acids is 2. The smallest absolute Gasteiger partial charge is 0.259 e. The number of halogens is 2. The summed E-state index contributed by atoms with van der Waals surface area (Å²) in [5, 5.41) is 3.28. The molecule has 0 fully saturated rings. The van der Waals surface area contributed by atoms with Gasteiger partial charge in [0.2, 0.25) is 11.8 Å². The van der Waals surface area contributed by atoms with Crippen LogP contribution in [0.3, 0.4) is 0 Å². The van der Waals surface area contributed by atoms with Crippen molar-refractivity contribution in [1.82, 2.24) is 4.57 Å². The molecule has 28 heavy (non-hydrogen) atoms. The molecular formula is C20H17F2N3O3. The molecule has 3 N–H and O–H groups in total. The zero-order valence-electron chi connectivity index (χ0n) is 14.9. The predicted molar refractivity (Wildman–Crippen MR) is 101 cm³/mol. The first-order chi connectivity index (χ1) is 13.3. The van der Waals surface area contributed by atoms with E-state index >= 15 is 0 Å².